The highest BCUT2D eigenvalue weighted by Gasteiger charge is 2.79. The second-order valence-electron chi connectivity index (χ2n) is 13.1. The molecule has 0 radical (unpaired) electrons. The van der Waals surface area contributed by atoms with E-state index in [4.69, 9.17) is 16.3 Å². The van der Waals surface area contributed by atoms with Crippen LogP contribution in [0.3, 0.4) is 0 Å². The molecule has 0 aromatic heterocycles. The van der Waals surface area contributed by atoms with E-state index in [1.807, 2.05) is 70.2 Å². The van der Waals surface area contributed by atoms with Crippen molar-refractivity contribution >= 4 is 35.0 Å². The summed E-state index contributed by atoms with van der Waals surface area (Å²) in [5.74, 6) is -2.79. The number of hydrogen-bond acceptors (Lipinski definition) is 5. The van der Waals surface area contributed by atoms with Gasteiger partial charge in [-0.05, 0) is 49.8 Å². The van der Waals surface area contributed by atoms with Crippen LogP contribution in [0.5, 0.6) is 0 Å². The van der Waals surface area contributed by atoms with E-state index in [9.17, 15) is 19.5 Å². The molecule has 8 nitrogen and oxygen atoms in total. The molecule has 3 fully saturated rings. The third-order valence-corrected chi connectivity index (χ3v) is 10.2. The summed E-state index contributed by atoms with van der Waals surface area (Å²) >= 11 is 6.68. The summed E-state index contributed by atoms with van der Waals surface area (Å²) in [5, 5.41) is 11.0. The first kappa shape index (κ1) is 32.9. The van der Waals surface area contributed by atoms with E-state index < -0.39 is 35.1 Å². The minimum Gasteiger partial charge on any atom is -0.394 e. The number of para-hydroxylation sites is 1. The number of hydrogen-bond donors (Lipinski definition) is 1. The molecule has 3 amide bonds. The lowest BCUT2D eigenvalue weighted by Crippen LogP contribution is -2.60. The topological polar surface area (TPSA) is 90.4 Å². The van der Waals surface area contributed by atoms with Crippen LogP contribution in [0.2, 0.25) is 5.02 Å². The third-order valence-electron chi connectivity index (χ3n) is 9.94. The summed E-state index contributed by atoms with van der Waals surface area (Å²) in [5.41, 5.74) is 0.0797. The molecule has 6 atom stereocenters. The fourth-order valence-corrected chi connectivity index (χ4v) is 8.24. The van der Waals surface area contributed by atoms with Gasteiger partial charge in [-0.2, -0.15) is 0 Å². The van der Waals surface area contributed by atoms with E-state index in [0.29, 0.717) is 36.6 Å². The standard InChI is InChI=1S/C36H44ClN3O5/c1-7-19-38(21-25-14-10-9-11-15-25)32(42)28-29-33(43)40(27(22-41)23(3)4)31(36(29)18-17-35(28,6)45-36)34(44)39(20-8-2)30-24(5)13-12-16-26(30)37/h7-16,23,27-29,31,41H,1-2,17-22H2,3-6H3/t27-,28-,29-,31?,35+,36?/m0/s1. The highest BCUT2D eigenvalue weighted by atomic mass is 35.5. The number of anilines is 1. The number of halogens is 1. The number of aliphatic hydroxyl groups excluding tert-OH is 1. The Morgan fingerprint density at radius 3 is 2.38 bits per heavy atom. The average molecular weight is 634 g/mol. The summed E-state index contributed by atoms with van der Waals surface area (Å²) in [7, 11) is 0. The largest absolute Gasteiger partial charge is 0.394 e. The van der Waals surface area contributed by atoms with Gasteiger partial charge in [-0.15, -0.1) is 13.2 Å². The van der Waals surface area contributed by atoms with Crippen molar-refractivity contribution in [3.63, 3.8) is 0 Å². The number of fused-ring (bicyclic) bond motifs is 1. The molecule has 3 aliphatic heterocycles. The first-order valence-corrected chi connectivity index (χ1v) is 16.1. The number of benzene rings is 2. The minimum absolute atomic E-state index is 0.151. The van der Waals surface area contributed by atoms with Crippen LogP contribution < -0.4 is 4.90 Å². The van der Waals surface area contributed by atoms with Gasteiger partial charge in [-0.1, -0.05) is 80.1 Å². The van der Waals surface area contributed by atoms with Gasteiger partial charge in [0.2, 0.25) is 11.8 Å². The molecule has 0 aliphatic carbocycles. The van der Waals surface area contributed by atoms with E-state index in [1.165, 1.54) is 4.90 Å². The van der Waals surface area contributed by atoms with Gasteiger partial charge >= 0.3 is 0 Å². The van der Waals surface area contributed by atoms with Crippen molar-refractivity contribution in [1.29, 1.82) is 0 Å². The Morgan fingerprint density at radius 2 is 1.78 bits per heavy atom. The van der Waals surface area contributed by atoms with Crippen molar-refractivity contribution in [3.05, 3.63) is 90.0 Å². The van der Waals surface area contributed by atoms with Crippen LogP contribution in [0, 0.1) is 24.7 Å². The SMILES string of the molecule is C=CCN(Cc1ccccc1)C(=O)[C@@H]1[C@H]2C(=O)N([C@@H](CO)C(C)C)C(C(=O)N(CC=C)c3c(C)cccc3Cl)C23CC[C@@]1(C)O3. The molecule has 240 valence electrons. The Hall–Kier alpha value is -3.46. The third kappa shape index (κ3) is 5.41. The number of nitrogens with zero attached hydrogens (tertiary/aromatic N) is 3. The summed E-state index contributed by atoms with van der Waals surface area (Å²) in [6.07, 6.45) is 4.24. The van der Waals surface area contributed by atoms with E-state index in [-0.39, 0.29) is 36.8 Å². The average Bonchev–Trinajstić information content (AvgIpc) is 3.57. The van der Waals surface area contributed by atoms with Gasteiger partial charge in [0, 0.05) is 19.6 Å². The highest BCUT2D eigenvalue weighted by molar-refractivity contribution is 6.34. The molecule has 9 heteroatoms. The van der Waals surface area contributed by atoms with Crippen molar-refractivity contribution in [2.75, 3.05) is 24.6 Å². The number of aryl methyl sites for hydroxylation is 1. The lowest BCUT2D eigenvalue weighted by atomic mass is 9.66. The maximum absolute atomic E-state index is 15.0. The number of aliphatic hydroxyl groups is 1. The van der Waals surface area contributed by atoms with Gasteiger partial charge in [-0.3, -0.25) is 14.4 Å². The second-order valence-corrected chi connectivity index (χ2v) is 13.5. The van der Waals surface area contributed by atoms with E-state index in [1.54, 1.807) is 28.0 Å². The second kappa shape index (κ2) is 12.7. The maximum atomic E-state index is 15.0. The van der Waals surface area contributed by atoms with Gasteiger partial charge in [0.25, 0.3) is 5.91 Å². The summed E-state index contributed by atoms with van der Waals surface area (Å²) in [6.45, 7) is 15.8. The van der Waals surface area contributed by atoms with Crippen LogP contribution in [-0.2, 0) is 25.7 Å². The van der Waals surface area contributed by atoms with Gasteiger partial charge in [0.05, 0.1) is 40.8 Å². The molecule has 3 heterocycles. The van der Waals surface area contributed by atoms with Gasteiger partial charge in [-0.25, -0.2) is 0 Å². The molecule has 2 bridgehead atoms. The molecule has 1 spiro atoms. The van der Waals surface area contributed by atoms with E-state index in [2.05, 4.69) is 13.2 Å². The lowest BCUT2D eigenvalue weighted by Gasteiger charge is -2.41. The summed E-state index contributed by atoms with van der Waals surface area (Å²) < 4.78 is 6.89. The van der Waals surface area contributed by atoms with Gasteiger partial charge in [0.15, 0.2) is 0 Å². The van der Waals surface area contributed by atoms with Crippen LogP contribution in [0.4, 0.5) is 5.69 Å². The Balaban J connectivity index is 1.63. The Bertz CT molecular complexity index is 1460. The number of ether oxygens (including phenoxy) is 1. The fraction of sp³-hybridized carbons (Fsp3) is 0.472. The Labute approximate surface area is 271 Å². The highest BCUT2D eigenvalue weighted by Crippen LogP contribution is 2.64. The molecule has 2 aromatic carbocycles. The molecule has 2 unspecified atom stereocenters. The molecule has 1 N–H and O–H groups in total. The fourth-order valence-electron chi connectivity index (χ4n) is 7.92. The van der Waals surface area contributed by atoms with Crippen molar-refractivity contribution in [3.8, 4) is 0 Å². The maximum Gasteiger partial charge on any atom is 0.253 e. The molecule has 2 aromatic rings. The van der Waals surface area contributed by atoms with Crippen LogP contribution in [0.1, 0.15) is 44.7 Å². The first-order valence-electron chi connectivity index (χ1n) is 15.7. The van der Waals surface area contributed by atoms with E-state index in [0.717, 1.165) is 11.1 Å². The molecular weight excluding hydrogens is 590 g/mol. The summed E-state index contributed by atoms with van der Waals surface area (Å²) in [4.78, 5) is 49.1. The molecule has 3 saturated heterocycles. The van der Waals surface area contributed by atoms with Gasteiger partial charge in [0.1, 0.15) is 11.6 Å². The van der Waals surface area contributed by atoms with Crippen LogP contribution in [-0.4, -0.2) is 75.6 Å². The number of carbonyl (C=O) groups excluding carboxylic acids is 3. The number of rotatable bonds is 12. The molecule has 45 heavy (non-hydrogen) atoms. The molecule has 0 saturated carbocycles. The number of amides is 3. The lowest BCUT2D eigenvalue weighted by molar-refractivity contribution is -0.153. The zero-order chi connectivity index (χ0) is 32.7. The zero-order valence-corrected chi connectivity index (χ0v) is 27.4. The predicted octanol–water partition coefficient (Wildman–Crippen LogP) is 5.16. The minimum atomic E-state index is -1.26. The smallest absolute Gasteiger partial charge is 0.253 e. The summed E-state index contributed by atoms with van der Waals surface area (Å²) in [6, 6.07) is 13.4. The Morgan fingerprint density at radius 1 is 1.09 bits per heavy atom. The van der Waals surface area contributed by atoms with Crippen molar-refractivity contribution in [1.82, 2.24) is 9.80 Å². The predicted molar refractivity (Wildman–Crippen MR) is 176 cm³/mol. The molecule has 5 rings (SSSR count). The molecule has 3 aliphatic rings. The Kier molecular flexibility index (Phi) is 9.32. The van der Waals surface area contributed by atoms with E-state index >= 15 is 0 Å². The van der Waals surface area contributed by atoms with Gasteiger partial charge < -0.3 is 24.5 Å². The normalized spacial score (nSPS) is 27.4. The van der Waals surface area contributed by atoms with Crippen LogP contribution >= 0.6 is 11.6 Å². The quantitative estimate of drug-likeness (QED) is 0.326. The van der Waals surface area contributed by atoms with Crippen molar-refractivity contribution in [2.45, 2.75) is 70.4 Å². The molecular formula is C36H44ClN3O5. The number of likely N-dealkylation sites (tertiary alicyclic amines) is 1. The van der Waals surface area contributed by atoms with Crippen LogP contribution in [0.15, 0.2) is 73.8 Å². The first-order chi connectivity index (χ1) is 21.5. The monoisotopic (exact) mass is 633 g/mol. The van der Waals surface area contributed by atoms with Crippen molar-refractivity contribution < 1.29 is 24.2 Å². The number of carbonyl (C=O) groups is 3. The van der Waals surface area contributed by atoms with Crippen molar-refractivity contribution in [2.24, 2.45) is 17.8 Å². The van der Waals surface area contributed by atoms with Crippen LogP contribution in [0.25, 0.3) is 0 Å². The zero-order valence-electron chi connectivity index (χ0n) is 26.6.